The Kier molecular flexibility index (Phi) is 5.80. The zero-order chi connectivity index (χ0) is 18.8. The van der Waals surface area contributed by atoms with E-state index in [4.69, 9.17) is 4.74 Å². The maximum Gasteiger partial charge on any atom is 0.326 e. The van der Waals surface area contributed by atoms with Crippen LogP contribution in [-0.2, 0) is 9.53 Å². The number of fused-ring (bicyclic) bond motifs is 1. The summed E-state index contributed by atoms with van der Waals surface area (Å²) in [5.74, 6) is -2.03. The summed E-state index contributed by atoms with van der Waals surface area (Å²) in [7, 11) is 0. The van der Waals surface area contributed by atoms with Gasteiger partial charge < -0.3 is 15.2 Å². The molecule has 2 N–H and O–H groups in total. The largest absolute Gasteiger partial charge is 0.480 e. The van der Waals surface area contributed by atoms with Gasteiger partial charge in [0.2, 0.25) is 0 Å². The number of hydrogen-bond acceptors (Lipinski definition) is 4. The molecule has 7 heteroatoms. The lowest BCUT2D eigenvalue weighted by Crippen LogP contribution is -2.42. The fraction of sp³-hybridized carbons (Fsp3) is 0.444. The molecule has 0 aliphatic heterocycles. The Morgan fingerprint density at radius 2 is 2.04 bits per heavy atom. The van der Waals surface area contributed by atoms with Crippen LogP contribution in [0.2, 0.25) is 0 Å². The first kappa shape index (κ1) is 19.3. The number of thiophene rings is 1. The Hall–Kier alpha value is -1.99. The van der Waals surface area contributed by atoms with Crippen LogP contribution in [0.1, 0.15) is 42.4 Å². The molecule has 1 aromatic heterocycles. The molecule has 0 fully saturated rings. The van der Waals surface area contributed by atoms with E-state index in [1.54, 1.807) is 19.1 Å². The van der Waals surface area contributed by atoms with Gasteiger partial charge in [-0.15, -0.1) is 11.3 Å². The smallest absolute Gasteiger partial charge is 0.326 e. The molecule has 136 valence electrons. The minimum Gasteiger partial charge on any atom is -0.480 e. The van der Waals surface area contributed by atoms with Gasteiger partial charge in [-0.3, -0.25) is 4.79 Å². The minimum atomic E-state index is -1.13. The average molecular weight is 367 g/mol. The first-order valence-corrected chi connectivity index (χ1v) is 8.77. The van der Waals surface area contributed by atoms with Crippen molar-refractivity contribution in [2.45, 2.75) is 45.8 Å². The number of carbonyl (C=O) groups excluding carboxylic acids is 1. The summed E-state index contributed by atoms with van der Waals surface area (Å²) in [5, 5.41) is 12.2. The molecule has 2 rings (SSSR count). The van der Waals surface area contributed by atoms with Crippen molar-refractivity contribution in [2.75, 3.05) is 6.61 Å². The number of carboxylic acids is 1. The number of hydrogen-bond donors (Lipinski definition) is 2. The van der Waals surface area contributed by atoms with Gasteiger partial charge in [0, 0.05) is 23.1 Å². The van der Waals surface area contributed by atoms with Crippen LogP contribution in [0.15, 0.2) is 18.2 Å². The number of carbonyl (C=O) groups is 2. The molecule has 1 unspecified atom stereocenters. The third kappa shape index (κ3) is 4.76. The molecule has 0 bridgehead atoms. The molecule has 2 aromatic rings. The van der Waals surface area contributed by atoms with Crippen molar-refractivity contribution in [3.8, 4) is 0 Å². The molecular weight excluding hydrogens is 345 g/mol. The number of benzene rings is 1. The van der Waals surface area contributed by atoms with Crippen molar-refractivity contribution >= 4 is 33.3 Å². The second-order valence-corrected chi connectivity index (χ2v) is 7.84. The third-order valence-corrected chi connectivity index (χ3v) is 4.91. The summed E-state index contributed by atoms with van der Waals surface area (Å²) < 4.78 is 20.1. The van der Waals surface area contributed by atoms with E-state index >= 15 is 0 Å². The van der Waals surface area contributed by atoms with E-state index in [1.165, 1.54) is 6.07 Å². The second-order valence-electron chi connectivity index (χ2n) is 6.78. The Balaban J connectivity index is 2.15. The normalized spacial score (nSPS) is 13.0. The molecule has 0 saturated heterocycles. The summed E-state index contributed by atoms with van der Waals surface area (Å²) in [6, 6.07) is 3.59. The van der Waals surface area contributed by atoms with Crippen molar-refractivity contribution in [1.82, 2.24) is 5.32 Å². The quantitative estimate of drug-likeness (QED) is 0.816. The maximum absolute atomic E-state index is 14.0. The molecule has 0 aliphatic carbocycles. The van der Waals surface area contributed by atoms with Gasteiger partial charge in [-0.05, 0) is 45.4 Å². The molecule has 1 atom stereocenters. The molecule has 0 aliphatic rings. The van der Waals surface area contributed by atoms with E-state index in [-0.39, 0.29) is 18.6 Å². The highest BCUT2D eigenvalue weighted by molar-refractivity contribution is 7.21. The van der Waals surface area contributed by atoms with E-state index in [0.29, 0.717) is 20.5 Å². The molecular formula is C18H22FNO4S. The van der Waals surface area contributed by atoms with Crippen LogP contribution in [0, 0.1) is 12.7 Å². The zero-order valence-corrected chi connectivity index (χ0v) is 15.5. The first-order chi connectivity index (χ1) is 11.6. The van der Waals surface area contributed by atoms with Gasteiger partial charge in [0.05, 0.1) is 10.5 Å². The number of aryl methyl sites for hydroxylation is 1. The Morgan fingerprint density at radius 1 is 1.36 bits per heavy atom. The standard InChI is InChI=1S/C18H22FNO4S/c1-10-14-11(19)6-5-7-13(14)25-15(10)16(21)20-12(17(22)23)8-9-24-18(2,3)4/h5-7,12H,8-9H2,1-4H3,(H,20,21)(H,22,23). The fourth-order valence-electron chi connectivity index (χ4n) is 2.43. The van der Waals surface area contributed by atoms with Crippen molar-refractivity contribution in [1.29, 1.82) is 0 Å². The van der Waals surface area contributed by atoms with Gasteiger partial charge in [-0.1, -0.05) is 6.07 Å². The number of halogens is 1. The van der Waals surface area contributed by atoms with Crippen LogP contribution in [0.3, 0.4) is 0 Å². The van der Waals surface area contributed by atoms with Crippen molar-refractivity contribution in [2.24, 2.45) is 0 Å². The molecule has 1 amide bonds. The average Bonchev–Trinajstić information content (AvgIpc) is 2.83. The number of amides is 1. The topological polar surface area (TPSA) is 75.6 Å². The van der Waals surface area contributed by atoms with Crippen LogP contribution >= 0.6 is 11.3 Å². The highest BCUT2D eigenvalue weighted by Crippen LogP contribution is 2.32. The van der Waals surface area contributed by atoms with Crippen LogP contribution < -0.4 is 5.32 Å². The SMILES string of the molecule is Cc1c(C(=O)NC(CCOC(C)(C)C)C(=O)O)sc2cccc(F)c12. The fourth-order valence-corrected chi connectivity index (χ4v) is 3.56. The van der Waals surface area contributed by atoms with Crippen LogP contribution in [0.4, 0.5) is 4.39 Å². The van der Waals surface area contributed by atoms with Gasteiger partial charge >= 0.3 is 5.97 Å². The number of nitrogens with one attached hydrogen (secondary N) is 1. The molecule has 0 spiro atoms. The lowest BCUT2D eigenvalue weighted by atomic mass is 10.1. The van der Waals surface area contributed by atoms with Gasteiger partial charge in [0.15, 0.2) is 0 Å². The van der Waals surface area contributed by atoms with Crippen molar-refractivity contribution in [3.63, 3.8) is 0 Å². The Labute approximate surface area is 149 Å². The third-order valence-electron chi connectivity index (χ3n) is 3.65. The molecule has 1 aromatic carbocycles. The van der Waals surface area contributed by atoms with E-state index < -0.39 is 23.7 Å². The number of aliphatic carboxylic acids is 1. The minimum absolute atomic E-state index is 0.149. The first-order valence-electron chi connectivity index (χ1n) is 7.95. The summed E-state index contributed by atoms with van der Waals surface area (Å²) in [6.07, 6.45) is 0.149. The number of rotatable bonds is 6. The predicted molar refractivity (Wildman–Crippen MR) is 95.7 cm³/mol. The van der Waals surface area contributed by atoms with Gasteiger partial charge in [-0.25, -0.2) is 9.18 Å². The highest BCUT2D eigenvalue weighted by Gasteiger charge is 2.24. The van der Waals surface area contributed by atoms with E-state index in [0.717, 1.165) is 11.3 Å². The van der Waals surface area contributed by atoms with E-state index in [9.17, 15) is 19.1 Å². The second kappa shape index (κ2) is 7.49. The van der Waals surface area contributed by atoms with Gasteiger partial charge in [0.25, 0.3) is 5.91 Å². The monoisotopic (exact) mass is 367 g/mol. The summed E-state index contributed by atoms with van der Waals surface area (Å²) >= 11 is 1.15. The van der Waals surface area contributed by atoms with Gasteiger partial charge in [-0.2, -0.15) is 0 Å². The predicted octanol–water partition coefficient (Wildman–Crippen LogP) is 3.74. The van der Waals surface area contributed by atoms with Crippen molar-refractivity contribution < 1.29 is 23.8 Å². The summed E-state index contributed by atoms with van der Waals surface area (Å²) in [4.78, 5) is 24.2. The lowest BCUT2D eigenvalue weighted by molar-refractivity contribution is -0.140. The van der Waals surface area contributed by atoms with Crippen molar-refractivity contribution in [3.05, 3.63) is 34.5 Å². The van der Waals surface area contributed by atoms with Crippen LogP contribution in [0.25, 0.3) is 10.1 Å². The lowest BCUT2D eigenvalue weighted by Gasteiger charge is -2.21. The zero-order valence-electron chi connectivity index (χ0n) is 14.7. The molecule has 5 nitrogen and oxygen atoms in total. The van der Waals surface area contributed by atoms with E-state index in [1.807, 2.05) is 20.8 Å². The molecule has 25 heavy (non-hydrogen) atoms. The molecule has 0 saturated carbocycles. The number of carboxylic acid groups (broad SMARTS) is 1. The highest BCUT2D eigenvalue weighted by atomic mass is 32.1. The van der Waals surface area contributed by atoms with Crippen LogP contribution in [-0.4, -0.2) is 35.2 Å². The summed E-state index contributed by atoms with van der Waals surface area (Å²) in [6.45, 7) is 7.49. The summed E-state index contributed by atoms with van der Waals surface area (Å²) in [5.41, 5.74) is 0.137. The van der Waals surface area contributed by atoms with Gasteiger partial charge in [0.1, 0.15) is 11.9 Å². The Bertz CT molecular complexity index is 794. The molecule has 1 heterocycles. The van der Waals surface area contributed by atoms with E-state index in [2.05, 4.69) is 5.32 Å². The maximum atomic E-state index is 14.0. The molecule has 0 radical (unpaired) electrons. The van der Waals surface area contributed by atoms with Crippen LogP contribution in [0.5, 0.6) is 0 Å². The Morgan fingerprint density at radius 3 is 2.60 bits per heavy atom. The number of ether oxygens (including phenoxy) is 1.